The number of nitro groups is 1. The summed E-state index contributed by atoms with van der Waals surface area (Å²) in [6.45, 7) is 1.92. The SMILES string of the molecule is CCCc1nc(-c2ccc([N+](=O)[O-])o2)oc1C(=O)OC. The summed E-state index contributed by atoms with van der Waals surface area (Å²) in [6.07, 6.45) is 1.28. The molecule has 0 aliphatic carbocycles. The van der Waals surface area contributed by atoms with Gasteiger partial charge in [0.2, 0.25) is 5.76 Å². The first kappa shape index (κ1) is 13.8. The van der Waals surface area contributed by atoms with Crippen LogP contribution in [0.3, 0.4) is 0 Å². The van der Waals surface area contributed by atoms with Gasteiger partial charge in [-0.15, -0.1) is 0 Å². The van der Waals surface area contributed by atoms with Crippen LogP contribution in [0, 0.1) is 10.1 Å². The van der Waals surface area contributed by atoms with Crippen LogP contribution in [0.2, 0.25) is 0 Å². The second kappa shape index (κ2) is 5.55. The highest BCUT2D eigenvalue weighted by Gasteiger charge is 2.24. The lowest BCUT2D eigenvalue weighted by Crippen LogP contribution is -2.03. The lowest BCUT2D eigenvalue weighted by Gasteiger charge is -1.95. The van der Waals surface area contributed by atoms with Gasteiger partial charge in [0, 0.05) is 0 Å². The minimum absolute atomic E-state index is 0.0107. The van der Waals surface area contributed by atoms with Crippen LogP contribution in [0.25, 0.3) is 11.7 Å². The predicted octanol–water partition coefficient (Wildman–Crippen LogP) is 2.58. The van der Waals surface area contributed by atoms with Crippen LogP contribution in [0.4, 0.5) is 5.88 Å². The van der Waals surface area contributed by atoms with Gasteiger partial charge in [-0.3, -0.25) is 10.1 Å². The van der Waals surface area contributed by atoms with E-state index in [0.717, 1.165) is 6.42 Å². The zero-order valence-corrected chi connectivity index (χ0v) is 10.9. The Hall–Kier alpha value is -2.64. The Morgan fingerprint density at radius 3 is 2.75 bits per heavy atom. The largest absolute Gasteiger partial charge is 0.463 e. The highest BCUT2D eigenvalue weighted by Crippen LogP contribution is 2.28. The minimum atomic E-state index is -0.666. The molecular weight excluding hydrogens is 268 g/mol. The van der Waals surface area contributed by atoms with Crippen LogP contribution in [0.15, 0.2) is 21.0 Å². The van der Waals surface area contributed by atoms with Crippen molar-refractivity contribution in [2.24, 2.45) is 0 Å². The summed E-state index contributed by atoms with van der Waals surface area (Å²) >= 11 is 0. The monoisotopic (exact) mass is 280 g/mol. The van der Waals surface area contributed by atoms with Crippen LogP contribution in [-0.2, 0) is 11.2 Å². The van der Waals surface area contributed by atoms with Crippen LogP contribution < -0.4 is 0 Å². The number of oxazole rings is 1. The zero-order chi connectivity index (χ0) is 14.7. The first-order valence-electron chi connectivity index (χ1n) is 5.89. The lowest BCUT2D eigenvalue weighted by atomic mass is 10.2. The van der Waals surface area contributed by atoms with Crippen molar-refractivity contribution in [1.82, 2.24) is 4.98 Å². The molecule has 20 heavy (non-hydrogen) atoms. The van der Waals surface area contributed by atoms with E-state index in [0.29, 0.717) is 12.1 Å². The third-order valence-corrected chi connectivity index (χ3v) is 2.54. The predicted molar refractivity (Wildman–Crippen MR) is 66.2 cm³/mol. The topological polar surface area (TPSA) is 109 Å². The molecule has 0 unspecified atom stereocenters. The maximum atomic E-state index is 11.6. The Morgan fingerprint density at radius 1 is 1.45 bits per heavy atom. The molecule has 0 spiro atoms. The molecule has 0 radical (unpaired) electrons. The first-order chi connectivity index (χ1) is 9.56. The van der Waals surface area contributed by atoms with E-state index in [1.54, 1.807) is 0 Å². The second-order valence-electron chi connectivity index (χ2n) is 3.93. The van der Waals surface area contributed by atoms with E-state index in [-0.39, 0.29) is 17.4 Å². The molecule has 8 nitrogen and oxygen atoms in total. The van der Waals surface area contributed by atoms with Gasteiger partial charge in [-0.2, -0.15) is 0 Å². The maximum absolute atomic E-state index is 11.6. The summed E-state index contributed by atoms with van der Waals surface area (Å²) in [7, 11) is 1.23. The molecule has 0 N–H and O–H groups in total. The van der Waals surface area contributed by atoms with Gasteiger partial charge in [0.05, 0.1) is 18.9 Å². The molecule has 0 fully saturated rings. The van der Waals surface area contributed by atoms with Crippen molar-refractivity contribution in [2.75, 3.05) is 7.11 Å². The Kier molecular flexibility index (Phi) is 3.83. The van der Waals surface area contributed by atoms with Gasteiger partial charge < -0.3 is 13.6 Å². The minimum Gasteiger partial charge on any atom is -0.463 e. The molecule has 0 aliphatic rings. The summed E-state index contributed by atoms with van der Waals surface area (Å²) in [5, 5.41) is 10.6. The van der Waals surface area contributed by atoms with Crippen molar-refractivity contribution in [2.45, 2.75) is 19.8 Å². The van der Waals surface area contributed by atoms with E-state index in [1.807, 2.05) is 6.92 Å². The number of ether oxygens (including phenoxy) is 1. The number of aromatic nitrogens is 1. The zero-order valence-electron chi connectivity index (χ0n) is 10.9. The number of hydrogen-bond acceptors (Lipinski definition) is 7. The van der Waals surface area contributed by atoms with E-state index in [9.17, 15) is 14.9 Å². The van der Waals surface area contributed by atoms with Crippen LogP contribution in [-0.4, -0.2) is 23.0 Å². The van der Waals surface area contributed by atoms with Crippen LogP contribution >= 0.6 is 0 Å². The maximum Gasteiger partial charge on any atom is 0.433 e. The molecule has 2 aromatic rings. The third kappa shape index (κ3) is 2.53. The van der Waals surface area contributed by atoms with Crippen molar-refractivity contribution >= 4 is 11.9 Å². The van der Waals surface area contributed by atoms with Crippen molar-refractivity contribution < 1.29 is 23.3 Å². The van der Waals surface area contributed by atoms with E-state index < -0.39 is 16.8 Å². The highest BCUT2D eigenvalue weighted by atomic mass is 16.6. The van der Waals surface area contributed by atoms with E-state index in [2.05, 4.69) is 9.72 Å². The molecule has 0 atom stereocenters. The van der Waals surface area contributed by atoms with Crippen molar-refractivity contribution in [3.8, 4) is 11.7 Å². The van der Waals surface area contributed by atoms with Crippen LogP contribution in [0.5, 0.6) is 0 Å². The van der Waals surface area contributed by atoms with Gasteiger partial charge in [0.15, 0.2) is 5.76 Å². The lowest BCUT2D eigenvalue weighted by molar-refractivity contribution is -0.401. The Balaban J connectivity index is 2.41. The number of nitrogens with zero attached hydrogens (tertiary/aromatic N) is 2. The molecular formula is C12H12N2O6. The molecule has 0 saturated carbocycles. The number of rotatable bonds is 5. The average Bonchev–Trinajstić information content (AvgIpc) is 3.04. The summed E-state index contributed by atoms with van der Waals surface area (Å²) in [5.74, 6) is -0.974. The van der Waals surface area contributed by atoms with Gasteiger partial charge in [-0.1, -0.05) is 13.3 Å². The number of esters is 1. The molecule has 0 aliphatic heterocycles. The highest BCUT2D eigenvalue weighted by molar-refractivity contribution is 5.87. The number of hydrogen-bond donors (Lipinski definition) is 0. The number of methoxy groups -OCH3 is 1. The van der Waals surface area contributed by atoms with Gasteiger partial charge in [0.1, 0.15) is 4.92 Å². The van der Waals surface area contributed by atoms with Gasteiger partial charge >= 0.3 is 11.9 Å². The molecule has 0 aromatic carbocycles. The van der Waals surface area contributed by atoms with E-state index >= 15 is 0 Å². The standard InChI is InChI=1S/C12H12N2O6/c1-3-4-7-10(12(15)18-2)20-11(13-7)8-5-6-9(19-8)14(16)17/h5-6H,3-4H2,1-2H3. The summed E-state index contributed by atoms with van der Waals surface area (Å²) < 4.78 is 14.9. The van der Waals surface area contributed by atoms with Gasteiger partial charge in [-0.05, 0) is 12.5 Å². The average molecular weight is 280 g/mol. The van der Waals surface area contributed by atoms with E-state index in [4.69, 9.17) is 8.83 Å². The van der Waals surface area contributed by atoms with Crippen LogP contribution in [0.1, 0.15) is 29.6 Å². The Morgan fingerprint density at radius 2 is 2.20 bits per heavy atom. The Labute approximate surface area is 113 Å². The van der Waals surface area contributed by atoms with Gasteiger partial charge in [0.25, 0.3) is 5.89 Å². The fourth-order valence-corrected chi connectivity index (χ4v) is 1.66. The molecule has 106 valence electrons. The molecule has 0 amide bonds. The second-order valence-corrected chi connectivity index (χ2v) is 3.93. The number of carbonyl (C=O) groups excluding carboxylic acids is 1. The fraction of sp³-hybridized carbons (Fsp3) is 0.333. The molecule has 0 saturated heterocycles. The Bertz CT molecular complexity index is 642. The van der Waals surface area contributed by atoms with Gasteiger partial charge in [-0.25, -0.2) is 9.78 Å². The van der Waals surface area contributed by atoms with Crippen molar-refractivity contribution in [1.29, 1.82) is 0 Å². The quantitative estimate of drug-likeness (QED) is 0.470. The summed E-state index contributed by atoms with van der Waals surface area (Å²) in [4.78, 5) is 25.6. The molecule has 0 bridgehead atoms. The molecule has 2 heterocycles. The van der Waals surface area contributed by atoms with Crippen molar-refractivity contribution in [3.63, 3.8) is 0 Å². The van der Waals surface area contributed by atoms with Crippen molar-refractivity contribution in [3.05, 3.63) is 33.7 Å². The smallest absolute Gasteiger partial charge is 0.433 e. The summed E-state index contributed by atoms with van der Waals surface area (Å²) in [6, 6.07) is 2.55. The number of furan rings is 1. The van der Waals surface area contributed by atoms with E-state index in [1.165, 1.54) is 19.2 Å². The normalized spacial score (nSPS) is 10.5. The fourth-order valence-electron chi connectivity index (χ4n) is 1.66. The first-order valence-corrected chi connectivity index (χ1v) is 5.89. The number of aryl methyl sites for hydroxylation is 1. The third-order valence-electron chi connectivity index (χ3n) is 2.54. The molecule has 2 rings (SSSR count). The summed E-state index contributed by atoms with van der Waals surface area (Å²) in [5.41, 5.74) is 0.438. The molecule has 8 heteroatoms. The number of carbonyl (C=O) groups is 1. The molecule has 2 aromatic heterocycles.